The Bertz CT molecular complexity index is 4280. The maximum absolute atomic E-state index is 15.8. The van der Waals surface area contributed by atoms with Gasteiger partial charge in [-0.1, -0.05) is 100 Å². The van der Waals surface area contributed by atoms with Crippen LogP contribution in [0.15, 0.2) is 117 Å². The molecule has 1 unspecified atom stereocenters. The number of phenolic OH excluding ortho intramolecular Hbond substituents is 1. The number of sulfonamides is 1. The molecule has 2 aliphatic heterocycles. The molecule has 2 amide bonds. The zero-order valence-electron chi connectivity index (χ0n) is 58.9. The number of aromatic hydroxyl groups is 1. The minimum Gasteiger partial charge on any atom is -0.508 e. The van der Waals surface area contributed by atoms with E-state index in [2.05, 4.69) is 45.3 Å². The molecule has 0 radical (unpaired) electrons. The highest BCUT2D eigenvalue weighted by Crippen LogP contribution is 2.51. The Morgan fingerprint density at radius 3 is 2.06 bits per heavy atom. The van der Waals surface area contributed by atoms with Gasteiger partial charge in [0, 0.05) is 105 Å². The number of phenols is 1. The summed E-state index contributed by atoms with van der Waals surface area (Å²) in [5, 5.41) is 22.8. The molecule has 2 heterocycles. The molecule has 23 nitrogen and oxygen atoms in total. The Morgan fingerprint density at radius 1 is 0.709 bits per heavy atom. The van der Waals surface area contributed by atoms with Crippen LogP contribution in [0.4, 0.5) is 30.2 Å². The van der Waals surface area contributed by atoms with E-state index in [0.29, 0.717) is 70.0 Å². The molecule has 103 heavy (non-hydrogen) atoms. The standard InChI is InChI=1S/C73H97F3N6O17S4/c1-5-40-81-61-34-33-57(103(95,96)97)50-59(61)72(2,3)62(81)27-14-9-15-28-63-73(4,58-25-16-17-26-60(58)82(63)41-20-46-101(90,91)92)37-18-10-13-23-54(83)24-19-38-79-71(87)52(48-51-29-31-55(84)32-30-51)49-56(85)35-42-98-44-45-99-43-39-78-64(86)36-47-100(88,89)70-66(75)65(74)69(102(77,93)94)67(76)68(70)80-53-21-11-7-6-8-12-22-53/h9,14-17,25-34,50,52-53,80H,5-8,10-13,18-24,35-49H2,1-4H3,(H6-,77,78,79,84,86,87,90,91,92,93,94,95,96,97)/p+1/t52-,73?/m1/s1. The fourth-order valence-electron chi connectivity index (χ4n) is 13.6. The quantitative estimate of drug-likeness (QED) is 0.00713. The number of nitrogens with one attached hydrogen (secondary N) is 3. The number of allylic oxidation sites excluding steroid dienone is 6. The van der Waals surface area contributed by atoms with Crippen molar-refractivity contribution in [1.29, 1.82) is 0 Å². The third-order valence-electron chi connectivity index (χ3n) is 18.9. The van der Waals surface area contributed by atoms with Gasteiger partial charge >= 0.3 is 0 Å². The van der Waals surface area contributed by atoms with Crippen molar-refractivity contribution >= 4 is 86.3 Å². The van der Waals surface area contributed by atoms with Crippen molar-refractivity contribution in [2.45, 2.75) is 188 Å². The van der Waals surface area contributed by atoms with Crippen molar-refractivity contribution in [2.75, 3.05) is 74.3 Å². The normalized spacial score (nSPS) is 17.4. The van der Waals surface area contributed by atoms with Gasteiger partial charge in [-0.05, 0) is 113 Å². The minimum absolute atomic E-state index is 0.00651. The molecular weight excluding hydrogens is 1420 g/mol. The average molecular weight is 1520 g/mol. The molecule has 4 aromatic carbocycles. The van der Waals surface area contributed by atoms with Crippen LogP contribution in [0.3, 0.4) is 0 Å². The largest absolute Gasteiger partial charge is 0.508 e. The van der Waals surface area contributed by atoms with Crippen LogP contribution in [0, 0.1) is 23.4 Å². The van der Waals surface area contributed by atoms with Gasteiger partial charge in [0.15, 0.2) is 37.9 Å². The summed E-state index contributed by atoms with van der Waals surface area (Å²) in [6.45, 7) is 9.31. The lowest BCUT2D eigenvalue weighted by molar-refractivity contribution is -0.437. The molecule has 0 aromatic heterocycles. The molecule has 566 valence electrons. The van der Waals surface area contributed by atoms with E-state index in [9.17, 15) is 67.1 Å². The van der Waals surface area contributed by atoms with Gasteiger partial charge in [0.1, 0.15) is 28.8 Å². The fourth-order valence-corrected chi connectivity index (χ4v) is 16.8. The Hall–Kier alpha value is -7.16. The number of rotatable bonds is 41. The number of unbranched alkanes of at least 4 members (excludes halogenated alkanes) is 2. The monoisotopic (exact) mass is 1520 g/mol. The molecule has 1 saturated carbocycles. The smallest absolute Gasteiger partial charge is 0.294 e. The number of nitrogens with two attached hydrogens (primary N) is 1. The number of amides is 2. The molecule has 7 rings (SSSR count). The van der Waals surface area contributed by atoms with Crippen LogP contribution in [-0.4, -0.2) is 152 Å². The molecule has 0 spiro atoms. The number of fused-ring (bicyclic) bond motifs is 2. The number of hydrogen-bond donors (Lipinski definition) is 7. The van der Waals surface area contributed by atoms with E-state index in [4.69, 9.17) is 14.6 Å². The third-order valence-corrected chi connectivity index (χ3v) is 23.3. The fraction of sp³-hybridized carbons (Fsp3) is 0.521. The summed E-state index contributed by atoms with van der Waals surface area (Å²) < 4.78 is 178. The number of para-hydroxylation sites is 1. The highest BCUT2D eigenvalue weighted by Gasteiger charge is 2.46. The van der Waals surface area contributed by atoms with Crippen LogP contribution >= 0.6 is 0 Å². The SMILES string of the molecule is CCC[N+]1=C(C=CC=CC=C2N(CCCS(=O)(=O)O)c3ccccc3C2(C)CCCCCC(=O)CCCNC(=O)[C@@H](CC(=O)CCOCCOCCNC(=O)CCS(=O)(=O)c2c(F)c(F)c(S(N)(=O)=O)c(F)c2NC2CCCCCCC2)Cc2ccc(O)cc2)C(C)(C)c2cc(S(=O)(=O)O)ccc21. The first-order valence-electron chi connectivity index (χ1n) is 35.1. The number of benzene rings is 4. The highest BCUT2D eigenvalue weighted by molar-refractivity contribution is 7.91. The third kappa shape index (κ3) is 23.4. The summed E-state index contributed by atoms with van der Waals surface area (Å²) >= 11 is 0. The van der Waals surface area contributed by atoms with Gasteiger partial charge in [-0.2, -0.15) is 21.4 Å². The summed E-state index contributed by atoms with van der Waals surface area (Å²) in [5.74, 6) is -10.00. The van der Waals surface area contributed by atoms with E-state index in [-0.39, 0.29) is 99.7 Å². The van der Waals surface area contributed by atoms with Crippen LogP contribution in [0.1, 0.15) is 166 Å². The van der Waals surface area contributed by atoms with Crippen LogP contribution in [0.2, 0.25) is 0 Å². The van der Waals surface area contributed by atoms with Crippen molar-refractivity contribution < 1.29 is 94.3 Å². The Balaban J connectivity index is 0.838. The summed E-state index contributed by atoms with van der Waals surface area (Å²) in [5.41, 5.74) is 4.03. The summed E-state index contributed by atoms with van der Waals surface area (Å²) in [6, 6.07) is 18.3. The lowest BCUT2D eigenvalue weighted by atomic mass is 9.77. The first-order valence-corrected chi connectivity index (χ1v) is 41.3. The Morgan fingerprint density at radius 2 is 1.38 bits per heavy atom. The molecule has 4 aromatic rings. The van der Waals surface area contributed by atoms with Crippen molar-refractivity contribution in [3.05, 3.63) is 137 Å². The number of Topliss-reactive ketones (excluding diaryl/α,β-unsaturated/α-hetero) is 2. The second-order valence-electron chi connectivity index (χ2n) is 27.2. The molecule has 0 bridgehead atoms. The van der Waals surface area contributed by atoms with Crippen molar-refractivity contribution in [2.24, 2.45) is 11.1 Å². The van der Waals surface area contributed by atoms with Gasteiger partial charge in [-0.3, -0.25) is 28.3 Å². The molecule has 8 N–H and O–H groups in total. The first-order chi connectivity index (χ1) is 48.7. The van der Waals surface area contributed by atoms with Crippen molar-refractivity contribution in [1.82, 2.24) is 10.6 Å². The molecule has 1 aliphatic carbocycles. The maximum Gasteiger partial charge on any atom is 0.294 e. The number of sulfone groups is 1. The topological polar surface area (TPSA) is 352 Å². The summed E-state index contributed by atoms with van der Waals surface area (Å²) in [7, 11) is -18.8. The van der Waals surface area contributed by atoms with E-state index >= 15 is 13.2 Å². The van der Waals surface area contributed by atoms with E-state index < -0.39 is 120 Å². The number of ketones is 2. The van der Waals surface area contributed by atoms with Crippen molar-refractivity contribution in [3.8, 4) is 5.75 Å². The van der Waals surface area contributed by atoms with Gasteiger partial charge in [0.25, 0.3) is 20.2 Å². The second-order valence-corrected chi connectivity index (χ2v) is 33.7. The number of primary sulfonamides is 1. The lowest BCUT2D eigenvalue weighted by Crippen LogP contribution is -2.34. The maximum atomic E-state index is 15.8. The number of ether oxygens (including phenoxy) is 2. The second kappa shape index (κ2) is 37.7. The van der Waals surface area contributed by atoms with E-state index in [1.807, 2.05) is 62.4 Å². The molecule has 2 atom stereocenters. The summed E-state index contributed by atoms with van der Waals surface area (Å²) in [4.78, 5) is 51.5. The number of hydrogen-bond acceptors (Lipinski definition) is 17. The molecule has 30 heteroatoms. The predicted molar refractivity (Wildman–Crippen MR) is 387 cm³/mol. The first kappa shape index (κ1) is 83.1. The number of nitrogens with zero attached hydrogens (tertiary/aromatic N) is 2. The minimum atomic E-state index is -5.19. The van der Waals surface area contributed by atoms with E-state index in [0.717, 1.165) is 72.4 Å². The van der Waals surface area contributed by atoms with E-state index in [1.54, 1.807) is 18.2 Å². The Kier molecular flexibility index (Phi) is 30.4. The predicted octanol–water partition coefficient (Wildman–Crippen LogP) is 10.7. The number of anilines is 2. The summed E-state index contributed by atoms with van der Waals surface area (Å²) in [6.07, 6.45) is 18.5. The van der Waals surface area contributed by atoms with Crippen LogP contribution in [0.5, 0.6) is 5.75 Å². The lowest BCUT2D eigenvalue weighted by Gasteiger charge is -2.30. The van der Waals surface area contributed by atoms with Gasteiger partial charge < -0.3 is 35.4 Å². The highest BCUT2D eigenvalue weighted by atomic mass is 32.2. The zero-order chi connectivity index (χ0) is 75.3. The van der Waals surface area contributed by atoms with Crippen LogP contribution in [0.25, 0.3) is 0 Å². The van der Waals surface area contributed by atoms with Gasteiger partial charge in [-0.25, -0.2) is 35.1 Å². The van der Waals surface area contributed by atoms with E-state index in [1.165, 1.54) is 24.3 Å². The molecule has 3 aliphatic rings. The van der Waals surface area contributed by atoms with Gasteiger partial charge in [-0.15, -0.1) is 0 Å². The Labute approximate surface area is 603 Å². The average Bonchev–Trinajstić information content (AvgIpc) is 1.65. The zero-order valence-corrected chi connectivity index (χ0v) is 62.2. The number of carbonyl (C=O) groups excluding carboxylic acids is 4. The van der Waals surface area contributed by atoms with Gasteiger partial charge in [0.05, 0.1) is 53.9 Å². The van der Waals surface area contributed by atoms with Crippen LogP contribution in [-0.2, 0) is 86.0 Å². The molecular formula is C73H98F3N6O17S4+. The number of halogens is 3. The number of carbonyl (C=O) groups is 4. The van der Waals surface area contributed by atoms with Gasteiger partial charge in [0.2, 0.25) is 27.5 Å². The van der Waals surface area contributed by atoms with Crippen LogP contribution < -0.4 is 26.0 Å². The molecule has 0 saturated heterocycles. The van der Waals surface area contributed by atoms with Crippen molar-refractivity contribution in [3.63, 3.8) is 0 Å². The molecule has 1 fully saturated rings.